The van der Waals surface area contributed by atoms with Gasteiger partial charge >= 0.3 is 5.97 Å². The highest BCUT2D eigenvalue weighted by molar-refractivity contribution is 7.13. The Labute approximate surface area is 199 Å². The van der Waals surface area contributed by atoms with Gasteiger partial charge in [-0.05, 0) is 23.1 Å². The normalized spacial score (nSPS) is 13.4. The Kier molecular flexibility index (Phi) is 7.38. The van der Waals surface area contributed by atoms with Gasteiger partial charge in [-0.25, -0.2) is 0 Å². The molecular formula is C23H27N5O5S. The molecule has 0 aliphatic carbocycles. The van der Waals surface area contributed by atoms with Gasteiger partial charge in [0.25, 0.3) is 5.91 Å². The summed E-state index contributed by atoms with van der Waals surface area (Å²) in [5.41, 5.74) is 0.999. The molecule has 0 radical (unpaired) electrons. The van der Waals surface area contributed by atoms with E-state index in [4.69, 9.17) is 10.1 Å². The van der Waals surface area contributed by atoms with Crippen LogP contribution in [-0.4, -0.2) is 53.9 Å². The van der Waals surface area contributed by atoms with E-state index in [0.717, 1.165) is 10.5 Å². The highest BCUT2D eigenvalue weighted by Gasteiger charge is 2.27. The molecule has 0 fully saturated rings. The number of carbonyl (C=O) groups excluding carboxylic acids is 1. The minimum atomic E-state index is -1.77. The molecule has 0 saturated heterocycles. The Morgan fingerprint density at radius 1 is 1.21 bits per heavy atom. The number of likely N-dealkylation sites (N-methyl/N-ethyl adjacent to an activating group) is 1. The predicted octanol–water partition coefficient (Wildman–Crippen LogP) is 3.43. The number of aromatic hydroxyl groups is 1. The maximum atomic E-state index is 12.6. The summed E-state index contributed by atoms with van der Waals surface area (Å²) in [5.74, 6) is -2.09. The van der Waals surface area contributed by atoms with Gasteiger partial charge in [-0.15, -0.1) is 4.37 Å². The lowest BCUT2D eigenvalue weighted by atomic mass is 9.83. The lowest BCUT2D eigenvalue weighted by molar-refractivity contribution is -0.137. The Hall–Kier alpha value is -3.70. The van der Waals surface area contributed by atoms with Crippen LogP contribution in [0.3, 0.4) is 0 Å². The molecule has 1 unspecified atom stereocenters. The number of aliphatic carboxylic acids is 1. The molecule has 1 amide bonds. The molecule has 10 nitrogen and oxygen atoms in total. The molecule has 0 bridgehead atoms. The van der Waals surface area contributed by atoms with Crippen LogP contribution in [-0.2, 0) is 4.79 Å². The minimum absolute atomic E-state index is 0.0863. The van der Waals surface area contributed by atoms with Gasteiger partial charge in [0, 0.05) is 11.4 Å². The predicted molar refractivity (Wildman–Crippen MR) is 127 cm³/mol. The largest absolute Gasteiger partial charge is 0.548 e. The summed E-state index contributed by atoms with van der Waals surface area (Å²) in [6.07, 6.45) is 0. The van der Waals surface area contributed by atoms with E-state index in [2.05, 4.69) is 14.1 Å². The summed E-state index contributed by atoms with van der Waals surface area (Å²) in [4.78, 5) is 29.3. The lowest BCUT2D eigenvalue weighted by Gasteiger charge is -2.27. The topological polar surface area (TPSA) is 154 Å². The monoisotopic (exact) mass is 485 g/mol. The number of rotatable bonds is 7. The smallest absolute Gasteiger partial charge is 0.323 e. The van der Waals surface area contributed by atoms with Gasteiger partial charge < -0.3 is 25.0 Å². The number of phenols is 1. The van der Waals surface area contributed by atoms with E-state index in [1.807, 2.05) is 51.1 Å². The van der Waals surface area contributed by atoms with Crippen molar-refractivity contribution in [3.8, 4) is 5.75 Å². The number of carbonyl (C=O) groups is 2. The second-order valence-corrected chi connectivity index (χ2v) is 9.71. The van der Waals surface area contributed by atoms with Crippen molar-refractivity contribution >= 4 is 34.5 Å². The number of hydrogen-bond acceptors (Lipinski definition) is 7. The van der Waals surface area contributed by atoms with Crippen molar-refractivity contribution in [2.45, 2.75) is 26.8 Å². The summed E-state index contributed by atoms with van der Waals surface area (Å²) < 4.78 is 18.9. The number of carboxylic acid groups (broad SMARTS) is 1. The first-order valence-electron chi connectivity index (χ1n) is 10.4. The summed E-state index contributed by atoms with van der Waals surface area (Å²) >= 11 is -1.77. The van der Waals surface area contributed by atoms with Crippen LogP contribution in [0.25, 0.3) is 0 Å². The van der Waals surface area contributed by atoms with Crippen molar-refractivity contribution in [3.63, 3.8) is 0 Å². The minimum Gasteiger partial charge on any atom is -0.548 e. The van der Waals surface area contributed by atoms with Crippen LogP contribution in [0.2, 0.25) is 0 Å². The van der Waals surface area contributed by atoms with Crippen LogP contribution in [0.5, 0.6) is 5.75 Å². The van der Waals surface area contributed by atoms with Crippen LogP contribution in [0.1, 0.15) is 42.7 Å². The standard InChI is InChI=1S/C23H27N5O5S/c1-23(2,3)19(14-9-6-5-7-10-14)25-21-20(26-34(33)27-21)24-16-12-8-11-15(18(16)31)22(32)28(4)13-17(29)30/h5-12,19,31H,13H2,1-4H3,(H,24,26)(H,25,27)(H,29,30)/t19-,34?/m0/s1. The van der Waals surface area contributed by atoms with Crippen molar-refractivity contribution < 1.29 is 24.4 Å². The van der Waals surface area contributed by atoms with Crippen molar-refractivity contribution in [2.75, 3.05) is 18.9 Å². The average molecular weight is 486 g/mol. The second kappa shape index (κ2) is 10.1. The maximum absolute atomic E-state index is 12.6. The van der Waals surface area contributed by atoms with Gasteiger partial charge in [-0.2, -0.15) is 0 Å². The number of phenolic OH excluding ortho intramolecular Hbond substituents is 1. The van der Waals surface area contributed by atoms with Crippen LogP contribution in [0, 0.1) is 5.41 Å². The maximum Gasteiger partial charge on any atom is 0.323 e. The van der Waals surface area contributed by atoms with Gasteiger partial charge in [0.05, 0.1) is 17.3 Å². The Balaban J connectivity index is 2.00. The van der Waals surface area contributed by atoms with Gasteiger partial charge in [0.15, 0.2) is 16.9 Å². The number of H-pyrrole nitrogens is 1. The van der Waals surface area contributed by atoms with E-state index in [0.29, 0.717) is 0 Å². The van der Waals surface area contributed by atoms with Crippen molar-refractivity contribution in [1.82, 2.24) is 13.6 Å². The molecule has 2 atom stereocenters. The summed E-state index contributed by atoms with van der Waals surface area (Å²) in [6, 6.07) is 13.8. The van der Waals surface area contributed by atoms with E-state index in [1.165, 1.54) is 25.2 Å². The number of aromatic nitrogens is 2. The molecule has 0 spiro atoms. The third-order valence-electron chi connectivity index (χ3n) is 5.01. The molecular weight excluding hydrogens is 458 g/mol. The number of amides is 1. The first-order chi connectivity index (χ1) is 16.0. The average Bonchev–Trinajstić information content (AvgIpc) is 3.11. The number of benzene rings is 2. The number of nitrogens with zero attached hydrogens (tertiary/aromatic N) is 3. The zero-order valence-electron chi connectivity index (χ0n) is 19.3. The molecule has 0 aliphatic rings. The molecule has 4 N–H and O–H groups in total. The number of carboxylic acids is 1. The van der Waals surface area contributed by atoms with E-state index in [1.54, 1.807) is 0 Å². The summed E-state index contributed by atoms with van der Waals surface area (Å²) in [6.45, 7) is 5.61. The molecule has 34 heavy (non-hydrogen) atoms. The van der Waals surface area contributed by atoms with Gasteiger partial charge in [0.1, 0.15) is 6.54 Å². The molecule has 0 aliphatic heterocycles. The fourth-order valence-electron chi connectivity index (χ4n) is 3.41. The van der Waals surface area contributed by atoms with Crippen LogP contribution < -0.4 is 10.8 Å². The van der Waals surface area contributed by atoms with E-state index in [9.17, 15) is 19.2 Å². The Morgan fingerprint density at radius 3 is 2.50 bits per heavy atom. The molecule has 0 saturated carbocycles. The molecule has 180 valence electrons. The van der Waals surface area contributed by atoms with Gasteiger partial charge in [0.2, 0.25) is 11.3 Å². The highest BCUT2D eigenvalue weighted by Crippen LogP contribution is 2.36. The fourth-order valence-corrected chi connectivity index (χ4v) is 4.07. The van der Waals surface area contributed by atoms with E-state index >= 15 is 0 Å². The fraction of sp³-hybridized carbons (Fsp3) is 0.304. The van der Waals surface area contributed by atoms with Crippen LogP contribution >= 0.6 is 11.1 Å². The number of hydrogen-bond donors (Lipinski definition) is 4. The zero-order valence-corrected chi connectivity index (χ0v) is 20.1. The van der Waals surface area contributed by atoms with Crippen LogP contribution in [0.15, 0.2) is 53.5 Å². The van der Waals surface area contributed by atoms with E-state index in [-0.39, 0.29) is 39.8 Å². The highest BCUT2D eigenvalue weighted by atomic mass is 32.2. The van der Waals surface area contributed by atoms with Crippen molar-refractivity contribution in [2.24, 2.45) is 10.4 Å². The quantitative estimate of drug-likeness (QED) is 0.295. The number of nitrogens with one attached hydrogen (secondary N) is 2. The summed E-state index contributed by atoms with van der Waals surface area (Å²) in [5, 5.41) is 22.5. The second-order valence-electron chi connectivity index (χ2n) is 8.83. The first-order valence-corrected chi connectivity index (χ1v) is 11.5. The van der Waals surface area contributed by atoms with Crippen molar-refractivity contribution in [1.29, 1.82) is 0 Å². The Morgan fingerprint density at radius 2 is 1.88 bits per heavy atom. The lowest BCUT2D eigenvalue weighted by Crippen LogP contribution is -2.32. The number of para-hydroxylation sites is 1. The van der Waals surface area contributed by atoms with Crippen molar-refractivity contribution in [3.05, 3.63) is 65.1 Å². The van der Waals surface area contributed by atoms with Gasteiger partial charge in [-0.1, -0.05) is 57.2 Å². The zero-order chi connectivity index (χ0) is 25.0. The molecule has 2 aromatic carbocycles. The Bertz CT molecular complexity index is 1250. The van der Waals surface area contributed by atoms with E-state index < -0.39 is 29.6 Å². The van der Waals surface area contributed by atoms with Gasteiger partial charge in [-0.3, -0.25) is 14.6 Å². The first kappa shape index (κ1) is 24.9. The third kappa shape index (κ3) is 5.80. The number of anilines is 2. The third-order valence-corrected chi connectivity index (χ3v) is 5.73. The molecule has 3 rings (SSSR count). The molecule has 1 aromatic heterocycles. The summed E-state index contributed by atoms with van der Waals surface area (Å²) in [7, 11) is 1.32. The van der Waals surface area contributed by atoms with Crippen LogP contribution in [0.4, 0.5) is 11.5 Å². The number of aromatic amines is 1. The molecule has 11 heteroatoms. The SMILES string of the molecule is CN(CC(=O)O)C(=O)c1cccc(Nc2n[s+]([O-])[nH]c2=N[C@@H](c2ccccc2)C(C)(C)C)c1O. The molecule has 1 heterocycles. The molecule has 3 aromatic rings.